The first-order valence-corrected chi connectivity index (χ1v) is 7.05. The summed E-state index contributed by atoms with van der Waals surface area (Å²) in [4.78, 5) is 17.7. The maximum absolute atomic E-state index is 13.5. The molecule has 0 atom stereocenters. The average molecular weight is 321 g/mol. The van der Waals surface area contributed by atoms with Gasteiger partial charge in [0.05, 0.1) is 18.8 Å². The molecule has 122 valence electrons. The predicted molar refractivity (Wildman–Crippen MR) is 81.6 cm³/mol. The van der Waals surface area contributed by atoms with Crippen LogP contribution in [0.25, 0.3) is 0 Å². The van der Waals surface area contributed by atoms with Gasteiger partial charge in [-0.3, -0.25) is 14.7 Å². The first kappa shape index (κ1) is 17.0. The molecule has 0 spiro atoms. The molecule has 1 aromatic carbocycles. The number of halogens is 2. The van der Waals surface area contributed by atoms with Crippen molar-refractivity contribution in [3.8, 4) is 0 Å². The number of pyridine rings is 1. The third-order valence-electron chi connectivity index (χ3n) is 3.11. The van der Waals surface area contributed by atoms with Crippen LogP contribution in [-0.2, 0) is 11.3 Å². The van der Waals surface area contributed by atoms with Crippen molar-refractivity contribution < 1.29 is 18.7 Å². The maximum atomic E-state index is 13.5. The van der Waals surface area contributed by atoms with Crippen molar-refractivity contribution in [1.82, 2.24) is 9.88 Å². The van der Waals surface area contributed by atoms with Crippen molar-refractivity contribution in [2.24, 2.45) is 0 Å². The minimum absolute atomic E-state index is 0.0641. The minimum atomic E-state index is -0.708. The minimum Gasteiger partial charge on any atom is -0.395 e. The number of rotatable bonds is 7. The first-order valence-electron chi connectivity index (χ1n) is 7.05. The van der Waals surface area contributed by atoms with Crippen LogP contribution in [0.2, 0.25) is 0 Å². The standard InChI is InChI=1S/C16H17F2N3O2/c17-13-3-4-14(18)15(8-13)20-16(23)11-21(6-7-22)10-12-2-1-5-19-9-12/h1-5,8-9,22H,6-7,10-11H2,(H,20,23). The molecule has 1 heterocycles. The fourth-order valence-electron chi connectivity index (χ4n) is 2.09. The fourth-order valence-corrected chi connectivity index (χ4v) is 2.09. The van der Waals surface area contributed by atoms with E-state index in [0.717, 1.165) is 23.8 Å². The van der Waals surface area contributed by atoms with Gasteiger partial charge in [0, 0.05) is 31.5 Å². The van der Waals surface area contributed by atoms with Crippen molar-refractivity contribution in [1.29, 1.82) is 0 Å². The van der Waals surface area contributed by atoms with Gasteiger partial charge in [0.15, 0.2) is 0 Å². The Hall–Kier alpha value is -2.38. The number of carbonyl (C=O) groups excluding carboxylic acids is 1. The molecule has 0 fully saturated rings. The van der Waals surface area contributed by atoms with Crippen LogP contribution in [0.15, 0.2) is 42.7 Å². The summed E-state index contributed by atoms with van der Waals surface area (Å²) in [6, 6.07) is 6.47. The van der Waals surface area contributed by atoms with Crippen molar-refractivity contribution in [3.05, 3.63) is 59.9 Å². The summed E-state index contributed by atoms with van der Waals surface area (Å²) < 4.78 is 26.6. The quantitative estimate of drug-likeness (QED) is 0.816. The van der Waals surface area contributed by atoms with Crippen molar-refractivity contribution in [2.75, 3.05) is 25.0 Å². The molecule has 1 aromatic heterocycles. The molecule has 0 unspecified atom stereocenters. The van der Waals surface area contributed by atoms with E-state index in [1.165, 1.54) is 0 Å². The Kier molecular flexibility index (Phi) is 6.13. The summed E-state index contributed by atoms with van der Waals surface area (Å²) in [6.07, 6.45) is 3.30. The lowest BCUT2D eigenvalue weighted by molar-refractivity contribution is -0.117. The van der Waals surface area contributed by atoms with Crippen LogP contribution >= 0.6 is 0 Å². The van der Waals surface area contributed by atoms with Crippen molar-refractivity contribution in [3.63, 3.8) is 0 Å². The molecule has 23 heavy (non-hydrogen) atoms. The van der Waals surface area contributed by atoms with Crippen LogP contribution in [-0.4, -0.2) is 40.6 Å². The molecule has 5 nitrogen and oxygen atoms in total. The second-order valence-corrected chi connectivity index (χ2v) is 4.97. The van der Waals surface area contributed by atoms with Gasteiger partial charge in [-0.15, -0.1) is 0 Å². The SMILES string of the molecule is O=C(CN(CCO)Cc1cccnc1)Nc1cc(F)ccc1F. The monoisotopic (exact) mass is 321 g/mol. The molecule has 1 amide bonds. The highest BCUT2D eigenvalue weighted by Gasteiger charge is 2.13. The Morgan fingerprint density at radius 1 is 1.30 bits per heavy atom. The van der Waals surface area contributed by atoms with E-state index in [4.69, 9.17) is 5.11 Å². The number of aromatic nitrogens is 1. The van der Waals surface area contributed by atoms with Gasteiger partial charge in [-0.05, 0) is 23.8 Å². The Morgan fingerprint density at radius 3 is 2.83 bits per heavy atom. The van der Waals surface area contributed by atoms with Gasteiger partial charge in [-0.2, -0.15) is 0 Å². The molecular weight excluding hydrogens is 304 g/mol. The number of aliphatic hydroxyl groups is 1. The summed E-state index contributed by atoms with van der Waals surface area (Å²) in [5, 5.41) is 11.4. The Labute approximate surface area is 132 Å². The van der Waals surface area contributed by atoms with Crippen LogP contribution < -0.4 is 5.32 Å². The highest BCUT2D eigenvalue weighted by atomic mass is 19.1. The maximum Gasteiger partial charge on any atom is 0.238 e. The van der Waals surface area contributed by atoms with Crippen LogP contribution in [0, 0.1) is 11.6 Å². The normalized spacial score (nSPS) is 10.8. The fraction of sp³-hybridized carbons (Fsp3) is 0.250. The molecule has 0 bridgehead atoms. The van der Waals surface area contributed by atoms with E-state index in [2.05, 4.69) is 10.3 Å². The topological polar surface area (TPSA) is 65.5 Å². The molecular formula is C16H17F2N3O2. The molecule has 2 N–H and O–H groups in total. The van der Waals surface area contributed by atoms with Gasteiger partial charge in [0.1, 0.15) is 11.6 Å². The molecule has 7 heteroatoms. The number of anilines is 1. The number of aliphatic hydroxyl groups excluding tert-OH is 1. The lowest BCUT2D eigenvalue weighted by atomic mass is 10.2. The third kappa shape index (κ3) is 5.39. The Bertz CT molecular complexity index is 653. The zero-order chi connectivity index (χ0) is 16.7. The summed E-state index contributed by atoms with van der Waals surface area (Å²) in [5.74, 6) is -1.84. The second-order valence-electron chi connectivity index (χ2n) is 4.97. The summed E-state index contributed by atoms with van der Waals surface area (Å²) in [5.41, 5.74) is 0.672. The van der Waals surface area contributed by atoms with E-state index < -0.39 is 17.5 Å². The molecule has 0 aliphatic carbocycles. The molecule has 2 rings (SSSR count). The van der Waals surface area contributed by atoms with Crippen LogP contribution in [0.3, 0.4) is 0 Å². The smallest absolute Gasteiger partial charge is 0.238 e. The number of amides is 1. The van der Waals surface area contributed by atoms with Gasteiger partial charge < -0.3 is 10.4 Å². The Morgan fingerprint density at radius 2 is 2.13 bits per heavy atom. The van der Waals surface area contributed by atoms with Crippen LogP contribution in [0.4, 0.5) is 14.5 Å². The summed E-state index contributed by atoms with van der Waals surface area (Å²) in [6.45, 7) is 0.495. The highest BCUT2D eigenvalue weighted by Crippen LogP contribution is 2.15. The number of carbonyl (C=O) groups is 1. The average Bonchev–Trinajstić information content (AvgIpc) is 2.52. The van der Waals surface area contributed by atoms with E-state index in [-0.39, 0.29) is 25.4 Å². The lowest BCUT2D eigenvalue weighted by Gasteiger charge is -2.20. The summed E-state index contributed by atoms with van der Waals surface area (Å²) in [7, 11) is 0. The number of hydrogen-bond donors (Lipinski definition) is 2. The van der Waals surface area contributed by atoms with Crippen LogP contribution in [0.1, 0.15) is 5.56 Å². The lowest BCUT2D eigenvalue weighted by Crippen LogP contribution is -2.35. The van der Waals surface area contributed by atoms with E-state index in [9.17, 15) is 13.6 Å². The molecule has 0 aliphatic rings. The third-order valence-corrected chi connectivity index (χ3v) is 3.11. The van der Waals surface area contributed by atoms with Crippen molar-refractivity contribution in [2.45, 2.75) is 6.54 Å². The van der Waals surface area contributed by atoms with E-state index in [1.54, 1.807) is 23.4 Å². The highest BCUT2D eigenvalue weighted by molar-refractivity contribution is 5.92. The number of benzene rings is 1. The molecule has 0 radical (unpaired) electrons. The predicted octanol–water partition coefficient (Wildman–Crippen LogP) is 1.79. The Balaban J connectivity index is 1.98. The van der Waals surface area contributed by atoms with Gasteiger partial charge in [0.2, 0.25) is 5.91 Å². The number of nitrogens with zero attached hydrogens (tertiary/aromatic N) is 2. The second kappa shape index (κ2) is 8.30. The molecule has 0 saturated heterocycles. The largest absolute Gasteiger partial charge is 0.395 e. The van der Waals surface area contributed by atoms with Crippen LogP contribution in [0.5, 0.6) is 0 Å². The zero-order valence-corrected chi connectivity index (χ0v) is 12.4. The van der Waals surface area contributed by atoms with Crippen molar-refractivity contribution >= 4 is 11.6 Å². The zero-order valence-electron chi connectivity index (χ0n) is 12.4. The molecule has 0 saturated carbocycles. The molecule has 0 aliphatic heterocycles. The summed E-state index contributed by atoms with van der Waals surface area (Å²) >= 11 is 0. The first-order chi connectivity index (χ1) is 11.1. The van der Waals surface area contributed by atoms with E-state index >= 15 is 0 Å². The van der Waals surface area contributed by atoms with E-state index in [0.29, 0.717) is 6.54 Å². The number of nitrogens with one attached hydrogen (secondary N) is 1. The van der Waals surface area contributed by atoms with Gasteiger partial charge >= 0.3 is 0 Å². The van der Waals surface area contributed by atoms with Gasteiger partial charge in [-0.1, -0.05) is 6.07 Å². The van der Waals surface area contributed by atoms with E-state index in [1.807, 2.05) is 6.07 Å². The molecule has 2 aromatic rings. The van der Waals surface area contributed by atoms with Gasteiger partial charge in [0.25, 0.3) is 0 Å². The van der Waals surface area contributed by atoms with Gasteiger partial charge in [-0.25, -0.2) is 8.78 Å². The number of hydrogen-bond acceptors (Lipinski definition) is 4.